The van der Waals surface area contributed by atoms with Gasteiger partial charge in [-0.2, -0.15) is 0 Å². The van der Waals surface area contributed by atoms with Crippen molar-refractivity contribution in [1.82, 2.24) is 5.32 Å². The fraction of sp³-hybridized carbons (Fsp3) is 0.647. The van der Waals surface area contributed by atoms with Crippen molar-refractivity contribution in [1.29, 1.82) is 0 Å². The largest absolute Gasteiger partial charge is 0.375 e. The van der Waals surface area contributed by atoms with Gasteiger partial charge < -0.3 is 10.2 Å². The van der Waals surface area contributed by atoms with Crippen molar-refractivity contribution in [3.63, 3.8) is 0 Å². The van der Waals surface area contributed by atoms with E-state index in [1.807, 2.05) is 6.07 Å². The number of anilines is 1. The summed E-state index contributed by atoms with van der Waals surface area (Å²) in [4.78, 5) is 2.16. The first-order valence-corrected chi connectivity index (χ1v) is 7.90. The highest BCUT2D eigenvalue weighted by Gasteiger charge is 2.26. The van der Waals surface area contributed by atoms with Crippen LogP contribution in [-0.4, -0.2) is 26.2 Å². The van der Waals surface area contributed by atoms with Gasteiger partial charge in [-0.3, -0.25) is 0 Å². The Kier molecular flexibility index (Phi) is 5.84. The average molecular weight is 278 g/mol. The first-order valence-electron chi connectivity index (χ1n) is 7.90. The van der Waals surface area contributed by atoms with Gasteiger partial charge in [0.25, 0.3) is 0 Å². The van der Waals surface area contributed by atoms with Crippen LogP contribution in [0.2, 0.25) is 0 Å². The molecule has 2 unspecified atom stereocenters. The van der Waals surface area contributed by atoms with Crippen LogP contribution in [0.4, 0.5) is 10.1 Å². The van der Waals surface area contributed by atoms with Crippen LogP contribution in [0.25, 0.3) is 0 Å². The molecule has 0 saturated heterocycles. The molecule has 2 nitrogen and oxygen atoms in total. The van der Waals surface area contributed by atoms with Gasteiger partial charge in [0.15, 0.2) is 0 Å². The second-order valence-electron chi connectivity index (χ2n) is 5.94. The predicted molar refractivity (Wildman–Crippen MR) is 83.7 cm³/mol. The highest BCUT2D eigenvalue weighted by atomic mass is 19.1. The lowest BCUT2D eigenvalue weighted by atomic mass is 9.99. The van der Waals surface area contributed by atoms with E-state index >= 15 is 0 Å². The molecule has 0 amide bonds. The van der Waals surface area contributed by atoms with Crippen LogP contribution in [0.15, 0.2) is 24.3 Å². The number of hydrogen-bond acceptors (Lipinski definition) is 2. The molecule has 3 heteroatoms. The van der Waals surface area contributed by atoms with Crippen molar-refractivity contribution in [2.45, 2.75) is 45.1 Å². The third kappa shape index (κ3) is 4.20. The van der Waals surface area contributed by atoms with E-state index in [2.05, 4.69) is 24.2 Å². The van der Waals surface area contributed by atoms with Gasteiger partial charge in [-0.1, -0.05) is 19.4 Å². The highest BCUT2D eigenvalue weighted by molar-refractivity contribution is 5.45. The average Bonchev–Trinajstić information content (AvgIpc) is 2.90. The molecule has 20 heavy (non-hydrogen) atoms. The number of halogens is 1. The Hall–Kier alpha value is -1.09. The predicted octanol–water partition coefficient (Wildman–Crippen LogP) is 3.82. The monoisotopic (exact) mass is 278 g/mol. The molecule has 0 aromatic heterocycles. The lowest BCUT2D eigenvalue weighted by Crippen LogP contribution is -2.34. The van der Waals surface area contributed by atoms with Crippen LogP contribution in [0.3, 0.4) is 0 Å². The summed E-state index contributed by atoms with van der Waals surface area (Å²) in [6.07, 6.45) is 6.38. The number of nitrogens with zero attached hydrogens (tertiary/aromatic N) is 1. The number of nitrogens with one attached hydrogen (secondary N) is 1. The highest BCUT2D eigenvalue weighted by Crippen LogP contribution is 2.29. The minimum atomic E-state index is -0.155. The van der Waals surface area contributed by atoms with Crippen LogP contribution in [0.5, 0.6) is 0 Å². The van der Waals surface area contributed by atoms with Gasteiger partial charge in [0.05, 0.1) is 0 Å². The first kappa shape index (κ1) is 15.3. The zero-order chi connectivity index (χ0) is 14.4. The summed E-state index contributed by atoms with van der Waals surface area (Å²) in [5, 5.41) is 3.68. The van der Waals surface area contributed by atoms with Gasteiger partial charge in [-0.05, 0) is 56.3 Å². The smallest absolute Gasteiger partial charge is 0.125 e. The van der Waals surface area contributed by atoms with Crippen molar-refractivity contribution in [2.75, 3.05) is 25.0 Å². The van der Waals surface area contributed by atoms with Gasteiger partial charge in [0.1, 0.15) is 5.82 Å². The Morgan fingerprint density at radius 1 is 1.35 bits per heavy atom. The molecule has 2 atom stereocenters. The molecule has 0 spiro atoms. The minimum absolute atomic E-state index is 0.155. The Balaban J connectivity index is 1.82. The van der Waals surface area contributed by atoms with E-state index in [1.54, 1.807) is 12.1 Å². The molecule has 0 heterocycles. The molecular formula is C17H27FN2. The first-order chi connectivity index (χ1) is 9.70. The number of rotatable bonds is 7. The summed E-state index contributed by atoms with van der Waals surface area (Å²) in [6.45, 7) is 4.34. The second kappa shape index (κ2) is 7.63. The van der Waals surface area contributed by atoms with Gasteiger partial charge >= 0.3 is 0 Å². The zero-order valence-corrected chi connectivity index (χ0v) is 12.7. The molecule has 0 bridgehead atoms. The summed E-state index contributed by atoms with van der Waals surface area (Å²) in [5.41, 5.74) is 0.973. The molecule has 1 N–H and O–H groups in total. The molecule has 1 saturated carbocycles. The van der Waals surface area contributed by atoms with E-state index in [4.69, 9.17) is 0 Å². The molecule has 1 aromatic carbocycles. The minimum Gasteiger partial charge on any atom is -0.375 e. The summed E-state index contributed by atoms with van der Waals surface area (Å²) < 4.78 is 13.2. The SMILES string of the molecule is CCCNC1CCCC1CCN(C)c1cccc(F)c1. The Labute approximate surface area is 122 Å². The fourth-order valence-electron chi connectivity index (χ4n) is 3.18. The van der Waals surface area contributed by atoms with Crippen molar-refractivity contribution < 1.29 is 4.39 Å². The number of benzene rings is 1. The standard InChI is InChI=1S/C17H27FN2/c1-3-11-19-17-9-4-6-14(17)10-12-20(2)16-8-5-7-15(18)13-16/h5,7-8,13-14,17,19H,3-4,6,9-12H2,1-2H3. The lowest BCUT2D eigenvalue weighted by Gasteiger charge is -2.25. The second-order valence-corrected chi connectivity index (χ2v) is 5.94. The molecule has 0 radical (unpaired) electrons. The fourth-order valence-corrected chi connectivity index (χ4v) is 3.18. The molecule has 1 aliphatic carbocycles. The summed E-state index contributed by atoms with van der Waals surface area (Å²) in [6, 6.07) is 7.56. The van der Waals surface area contributed by atoms with Crippen LogP contribution in [0, 0.1) is 11.7 Å². The molecule has 2 rings (SSSR count). The normalized spacial score (nSPS) is 22.1. The van der Waals surface area contributed by atoms with E-state index in [9.17, 15) is 4.39 Å². The molecule has 0 aliphatic heterocycles. The van der Waals surface area contributed by atoms with Crippen molar-refractivity contribution >= 4 is 5.69 Å². The maximum Gasteiger partial charge on any atom is 0.125 e. The van der Waals surface area contributed by atoms with Crippen molar-refractivity contribution in [3.05, 3.63) is 30.1 Å². The molecular weight excluding hydrogens is 251 g/mol. The molecule has 1 aromatic rings. The van der Waals surface area contributed by atoms with E-state index in [-0.39, 0.29) is 5.82 Å². The maximum atomic E-state index is 13.2. The summed E-state index contributed by atoms with van der Waals surface area (Å²) in [5.74, 6) is 0.621. The van der Waals surface area contributed by atoms with Crippen LogP contribution in [-0.2, 0) is 0 Å². The van der Waals surface area contributed by atoms with Crippen LogP contribution < -0.4 is 10.2 Å². The maximum absolute atomic E-state index is 13.2. The molecule has 1 fully saturated rings. The van der Waals surface area contributed by atoms with E-state index in [1.165, 1.54) is 38.2 Å². The van der Waals surface area contributed by atoms with Crippen LogP contribution in [0.1, 0.15) is 39.0 Å². The molecule has 1 aliphatic rings. The Morgan fingerprint density at radius 2 is 2.20 bits per heavy atom. The molecule has 112 valence electrons. The quantitative estimate of drug-likeness (QED) is 0.815. The topological polar surface area (TPSA) is 15.3 Å². The van der Waals surface area contributed by atoms with E-state index in [0.717, 1.165) is 24.7 Å². The van der Waals surface area contributed by atoms with Gasteiger partial charge in [0, 0.05) is 25.3 Å². The Morgan fingerprint density at radius 3 is 2.95 bits per heavy atom. The Bertz CT molecular complexity index is 408. The van der Waals surface area contributed by atoms with E-state index in [0.29, 0.717) is 6.04 Å². The summed E-state index contributed by atoms with van der Waals surface area (Å²) >= 11 is 0. The third-order valence-corrected chi connectivity index (χ3v) is 4.40. The number of hydrogen-bond donors (Lipinski definition) is 1. The van der Waals surface area contributed by atoms with Gasteiger partial charge in [-0.25, -0.2) is 4.39 Å². The van der Waals surface area contributed by atoms with Crippen LogP contribution >= 0.6 is 0 Å². The van der Waals surface area contributed by atoms with Gasteiger partial charge in [0.2, 0.25) is 0 Å². The lowest BCUT2D eigenvalue weighted by molar-refractivity contribution is 0.382. The third-order valence-electron chi connectivity index (χ3n) is 4.40. The zero-order valence-electron chi connectivity index (χ0n) is 12.7. The van der Waals surface area contributed by atoms with Crippen molar-refractivity contribution in [3.8, 4) is 0 Å². The van der Waals surface area contributed by atoms with Crippen molar-refractivity contribution in [2.24, 2.45) is 5.92 Å². The van der Waals surface area contributed by atoms with E-state index < -0.39 is 0 Å². The van der Waals surface area contributed by atoms with Gasteiger partial charge in [-0.15, -0.1) is 0 Å². The summed E-state index contributed by atoms with van der Waals surface area (Å²) in [7, 11) is 2.05.